The Morgan fingerprint density at radius 1 is 1.41 bits per heavy atom. The maximum atomic E-state index is 13.3. The van der Waals surface area contributed by atoms with Crippen LogP contribution in [-0.4, -0.2) is 26.2 Å². The van der Waals surface area contributed by atoms with Gasteiger partial charge in [-0.15, -0.1) is 0 Å². The summed E-state index contributed by atoms with van der Waals surface area (Å²) in [5.74, 6) is -0.137. The Morgan fingerprint density at radius 3 is 2.68 bits per heavy atom. The first-order valence-electron chi connectivity index (χ1n) is 7.41. The van der Waals surface area contributed by atoms with Crippen LogP contribution in [0.4, 0.5) is 14.9 Å². The first-order chi connectivity index (χ1) is 10.3. The standard InChI is InChI=1S/C15H21FN2O3S/c1-3-22(20,21)14-9-12(16)6-7-13(14)18-15(19)17-10(2)8-11-4-5-11/h6-7,9-11H,3-5,8H2,1-2H3,(H2,17,18,19)/t10-/m0/s1. The summed E-state index contributed by atoms with van der Waals surface area (Å²) < 4.78 is 37.3. The third kappa shape index (κ3) is 4.43. The SMILES string of the molecule is CCS(=O)(=O)c1cc(F)ccc1NC(=O)N[C@@H](C)CC1CC1. The molecule has 2 amide bonds. The predicted octanol–water partition coefficient (Wildman–Crippen LogP) is 2.93. The van der Waals surface area contributed by atoms with Crippen molar-refractivity contribution >= 4 is 21.6 Å². The number of hydrogen-bond acceptors (Lipinski definition) is 3. The molecule has 0 heterocycles. The zero-order valence-corrected chi connectivity index (χ0v) is 13.5. The van der Waals surface area contributed by atoms with Crippen molar-refractivity contribution < 1.29 is 17.6 Å². The van der Waals surface area contributed by atoms with E-state index in [1.807, 2.05) is 6.92 Å². The fourth-order valence-electron chi connectivity index (χ4n) is 2.31. The maximum absolute atomic E-state index is 13.3. The van der Waals surface area contributed by atoms with Crippen molar-refractivity contribution in [3.8, 4) is 0 Å². The van der Waals surface area contributed by atoms with Crippen molar-refractivity contribution in [2.45, 2.75) is 44.0 Å². The summed E-state index contributed by atoms with van der Waals surface area (Å²) in [6.07, 6.45) is 3.31. The lowest BCUT2D eigenvalue weighted by atomic mass is 10.2. The van der Waals surface area contributed by atoms with Gasteiger partial charge in [0.05, 0.1) is 16.3 Å². The van der Waals surface area contributed by atoms with Gasteiger partial charge < -0.3 is 10.6 Å². The lowest BCUT2D eigenvalue weighted by Crippen LogP contribution is -2.36. The van der Waals surface area contributed by atoms with Gasteiger partial charge >= 0.3 is 6.03 Å². The van der Waals surface area contributed by atoms with Gasteiger partial charge in [0.1, 0.15) is 5.82 Å². The molecule has 1 aromatic rings. The van der Waals surface area contributed by atoms with Gasteiger partial charge in [0.15, 0.2) is 9.84 Å². The van der Waals surface area contributed by atoms with Crippen LogP contribution < -0.4 is 10.6 Å². The van der Waals surface area contributed by atoms with E-state index in [0.29, 0.717) is 5.92 Å². The van der Waals surface area contributed by atoms with E-state index < -0.39 is 21.7 Å². The lowest BCUT2D eigenvalue weighted by molar-refractivity contribution is 0.248. The Kier molecular flexibility index (Phi) is 5.05. The van der Waals surface area contributed by atoms with Gasteiger partial charge in [-0.05, 0) is 37.5 Å². The number of rotatable bonds is 6. The summed E-state index contributed by atoms with van der Waals surface area (Å²) in [5, 5.41) is 5.28. The van der Waals surface area contributed by atoms with Gasteiger partial charge in [-0.2, -0.15) is 0 Å². The molecule has 5 nitrogen and oxygen atoms in total. The van der Waals surface area contributed by atoms with E-state index in [2.05, 4.69) is 10.6 Å². The molecule has 0 aromatic heterocycles. The van der Waals surface area contributed by atoms with Gasteiger partial charge in [-0.3, -0.25) is 0 Å². The average Bonchev–Trinajstić information content (AvgIpc) is 3.24. The fourth-order valence-corrected chi connectivity index (χ4v) is 3.36. The van der Waals surface area contributed by atoms with Crippen LogP contribution in [0.3, 0.4) is 0 Å². The number of carbonyl (C=O) groups is 1. The van der Waals surface area contributed by atoms with Crippen molar-refractivity contribution in [2.75, 3.05) is 11.1 Å². The molecular formula is C15H21FN2O3S. The molecule has 7 heteroatoms. The molecule has 1 aromatic carbocycles. The molecular weight excluding hydrogens is 307 g/mol. The van der Waals surface area contributed by atoms with E-state index in [1.165, 1.54) is 25.8 Å². The van der Waals surface area contributed by atoms with Crippen LogP contribution in [0.1, 0.15) is 33.1 Å². The monoisotopic (exact) mass is 328 g/mol. The summed E-state index contributed by atoms with van der Waals surface area (Å²) in [7, 11) is -3.62. The maximum Gasteiger partial charge on any atom is 0.319 e. The van der Waals surface area contributed by atoms with E-state index >= 15 is 0 Å². The molecule has 0 radical (unpaired) electrons. The first-order valence-corrected chi connectivity index (χ1v) is 9.07. The zero-order valence-electron chi connectivity index (χ0n) is 12.7. The molecule has 2 N–H and O–H groups in total. The van der Waals surface area contributed by atoms with Gasteiger partial charge in [-0.25, -0.2) is 17.6 Å². The summed E-state index contributed by atoms with van der Waals surface area (Å²) in [6.45, 7) is 3.38. The van der Waals surface area contributed by atoms with E-state index in [1.54, 1.807) is 0 Å². The molecule has 0 bridgehead atoms. The minimum absolute atomic E-state index is 0.0131. The molecule has 0 unspecified atom stereocenters. The second kappa shape index (κ2) is 6.64. The lowest BCUT2D eigenvalue weighted by Gasteiger charge is -2.16. The summed E-state index contributed by atoms with van der Waals surface area (Å²) in [6, 6.07) is 2.86. The highest BCUT2D eigenvalue weighted by atomic mass is 32.2. The number of amides is 2. The quantitative estimate of drug-likeness (QED) is 0.843. The van der Waals surface area contributed by atoms with Crippen molar-refractivity contribution in [2.24, 2.45) is 5.92 Å². The van der Waals surface area contributed by atoms with Crippen molar-refractivity contribution in [1.29, 1.82) is 0 Å². The van der Waals surface area contributed by atoms with Gasteiger partial charge in [-0.1, -0.05) is 19.8 Å². The van der Waals surface area contributed by atoms with Gasteiger partial charge in [0, 0.05) is 6.04 Å². The summed E-state index contributed by atoms with van der Waals surface area (Å²) in [4.78, 5) is 11.8. The average molecular weight is 328 g/mol. The second-order valence-corrected chi connectivity index (χ2v) is 7.97. The topological polar surface area (TPSA) is 75.3 Å². The van der Waals surface area contributed by atoms with Crippen LogP contribution in [0.25, 0.3) is 0 Å². The molecule has 2 rings (SSSR count). The molecule has 1 saturated carbocycles. The zero-order chi connectivity index (χ0) is 16.3. The van der Waals surface area contributed by atoms with Crippen LogP contribution in [-0.2, 0) is 9.84 Å². The molecule has 0 spiro atoms. The van der Waals surface area contributed by atoms with Gasteiger partial charge in [0.2, 0.25) is 0 Å². The van der Waals surface area contributed by atoms with Crippen molar-refractivity contribution in [1.82, 2.24) is 5.32 Å². The Hall–Kier alpha value is -1.63. The molecule has 1 aliphatic carbocycles. The highest BCUT2D eigenvalue weighted by Crippen LogP contribution is 2.33. The number of carbonyl (C=O) groups excluding carboxylic acids is 1. The summed E-state index contributed by atoms with van der Waals surface area (Å²) in [5.41, 5.74) is 0.0966. The Bertz CT molecular complexity index is 657. The molecule has 1 aliphatic rings. The van der Waals surface area contributed by atoms with E-state index in [9.17, 15) is 17.6 Å². The van der Waals surface area contributed by atoms with Crippen molar-refractivity contribution in [3.63, 3.8) is 0 Å². The molecule has 1 atom stereocenters. The Labute approximate surface area is 130 Å². The highest BCUT2D eigenvalue weighted by molar-refractivity contribution is 7.91. The Balaban J connectivity index is 2.09. The van der Waals surface area contributed by atoms with Crippen LogP contribution in [0.2, 0.25) is 0 Å². The molecule has 0 saturated heterocycles. The normalized spacial score (nSPS) is 16.1. The highest BCUT2D eigenvalue weighted by Gasteiger charge is 2.24. The number of nitrogens with one attached hydrogen (secondary N) is 2. The number of anilines is 1. The third-order valence-electron chi connectivity index (χ3n) is 3.67. The minimum atomic E-state index is -3.62. The van der Waals surface area contributed by atoms with Crippen LogP contribution in [0.15, 0.2) is 23.1 Å². The van der Waals surface area contributed by atoms with Crippen LogP contribution in [0, 0.1) is 11.7 Å². The van der Waals surface area contributed by atoms with Crippen LogP contribution >= 0.6 is 0 Å². The number of hydrogen-bond donors (Lipinski definition) is 2. The summed E-state index contributed by atoms with van der Waals surface area (Å²) >= 11 is 0. The van der Waals surface area contributed by atoms with E-state index in [-0.39, 0.29) is 22.4 Å². The second-order valence-electron chi connectivity index (χ2n) is 5.72. The van der Waals surface area contributed by atoms with E-state index in [0.717, 1.165) is 18.6 Å². The van der Waals surface area contributed by atoms with E-state index in [4.69, 9.17) is 0 Å². The number of benzene rings is 1. The molecule has 1 fully saturated rings. The number of halogens is 1. The van der Waals surface area contributed by atoms with Gasteiger partial charge in [0.25, 0.3) is 0 Å². The van der Waals surface area contributed by atoms with Crippen molar-refractivity contribution in [3.05, 3.63) is 24.0 Å². The number of urea groups is 1. The molecule has 0 aliphatic heterocycles. The molecule has 22 heavy (non-hydrogen) atoms. The molecule has 122 valence electrons. The fraction of sp³-hybridized carbons (Fsp3) is 0.533. The first kappa shape index (κ1) is 16.7. The minimum Gasteiger partial charge on any atom is -0.335 e. The number of sulfone groups is 1. The third-order valence-corrected chi connectivity index (χ3v) is 5.44. The Morgan fingerprint density at radius 2 is 2.09 bits per heavy atom. The van der Waals surface area contributed by atoms with Crippen LogP contribution in [0.5, 0.6) is 0 Å². The predicted molar refractivity (Wildman–Crippen MR) is 83.1 cm³/mol. The smallest absolute Gasteiger partial charge is 0.319 e. The largest absolute Gasteiger partial charge is 0.335 e.